The van der Waals surface area contributed by atoms with Crippen molar-refractivity contribution < 1.29 is 4.79 Å². The van der Waals surface area contributed by atoms with Crippen molar-refractivity contribution in [2.24, 2.45) is 0 Å². The van der Waals surface area contributed by atoms with E-state index in [4.69, 9.17) is 0 Å². The molecule has 0 unspecified atom stereocenters. The summed E-state index contributed by atoms with van der Waals surface area (Å²) in [5, 5.41) is 0. The van der Waals surface area contributed by atoms with Gasteiger partial charge in [-0.15, -0.1) is 0 Å². The van der Waals surface area contributed by atoms with Crippen molar-refractivity contribution in [1.82, 2.24) is 19.9 Å². The smallest absolute Gasteiger partial charge is 0.253 e. The molecular weight excluding hydrogens is 276 g/mol. The lowest BCUT2D eigenvalue weighted by Gasteiger charge is -2.19. The second-order valence-corrected chi connectivity index (χ2v) is 5.04. The van der Waals surface area contributed by atoms with E-state index in [0.29, 0.717) is 18.7 Å². The molecule has 3 rings (SSSR count). The molecule has 0 radical (unpaired) electrons. The van der Waals surface area contributed by atoms with Crippen molar-refractivity contribution >= 4 is 16.9 Å². The number of rotatable bonds is 4. The lowest BCUT2D eigenvalue weighted by molar-refractivity contribution is 0.0773. The van der Waals surface area contributed by atoms with Crippen LogP contribution < -0.4 is 0 Å². The molecule has 3 aromatic rings. The molecule has 1 N–H and O–H groups in total. The Balaban J connectivity index is 2.05. The Morgan fingerprint density at radius 2 is 2.05 bits per heavy atom. The predicted octanol–water partition coefficient (Wildman–Crippen LogP) is 3.11. The standard InChI is InChI=1S/C17H18N4O/c1-3-21(4-2)17(22)13-7-5-6-12(8-13)14-9-18-10-15-16(14)20-11-19-15/h5-11H,3-4H2,1-2H3,(H,19,20). The molecule has 0 spiro atoms. The van der Waals surface area contributed by atoms with Crippen LogP contribution in [-0.2, 0) is 0 Å². The molecule has 0 aliphatic carbocycles. The van der Waals surface area contributed by atoms with Gasteiger partial charge in [0.2, 0.25) is 0 Å². The second-order valence-electron chi connectivity index (χ2n) is 5.04. The van der Waals surface area contributed by atoms with Gasteiger partial charge >= 0.3 is 0 Å². The van der Waals surface area contributed by atoms with Crippen LogP contribution in [0, 0.1) is 0 Å². The highest BCUT2D eigenvalue weighted by Crippen LogP contribution is 2.26. The number of benzene rings is 1. The van der Waals surface area contributed by atoms with Crippen molar-refractivity contribution in [3.05, 3.63) is 48.5 Å². The van der Waals surface area contributed by atoms with E-state index in [2.05, 4.69) is 15.0 Å². The van der Waals surface area contributed by atoms with Crippen molar-refractivity contribution in [2.45, 2.75) is 13.8 Å². The van der Waals surface area contributed by atoms with Gasteiger partial charge in [0.25, 0.3) is 5.91 Å². The molecule has 1 aromatic carbocycles. The Labute approximate surface area is 129 Å². The van der Waals surface area contributed by atoms with Gasteiger partial charge in [0.1, 0.15) is 0 Å². The van der Waals surface area contributed by atoms with Gasteiger partial charge in [-0.2, -0.15) is 0 Å². The maximum Gasteiger partial charge on any atom is 0.253 e. The molecule has 0 saturated carbocycles. The van der Waals surface area contributed by atoms with E-state index in [0.717, 1.165) is 22.2 Å². The zero-order chi connectivity index (χ0) is 15.5. The highest BCUT2D eigenvalue weighted by Gasteiger charge is 2.14. The summed E-state index contributed by atoms with van der Waals surface area (Å²) in [4.78, 5) is 25.9. The Hall–Kier alpha value is -2.69. The lowest BCUT2D eigenvalue weighted by Crippen LogP contribution is -2.30. The summed E-state index contributed by atoms with van der Waals surface area (Å²) in [5.41, 5.74) is 4.31. The van der Waals surface area contributed by atoms with Crippen molar-refractivity contribution in [2.75, 3.05) is 13.1 Å². The van der Waals surface area contributed by atoms with Crippen LogP contribution in [0.4, 0.5) is 0 Å². The van der Waals surface area contributed by atoms with E-state index >= 15 is 0 Å². The number of pyridine rings is 1. The van der Waals surface area contributed by atoms with E-state index < -0.39 is 0 Å². The zero-order valence-electron chi connectivity index (χ0n) is 12.7. The average molecular weight is 294 g/mol. The molecule has 1 amide bonds. The van der Waals surface area contributed by atoms with Gasteiger partial charge in [-0.05, 0) is 31.5 Å². The van der Waals surface area contributed by atoms with Gasteiger partial charge in [0.15, 0.2) is 0 Å². The van der Waals surface area contributed by atoms with Crippen LogP contribution in [-0.4, -0.2) is 38.8 Å². The van der Waals surface area contributed by atoms with Gasteiger partial charge in [0.05, 0.1) is 23.6 Å². The number of carbonyl (C=O) groups excluding carboxylic acids is 1. The maximum absolute atomic E-state index is 12.5. The maximum atomic E-state index is 12.5. The third-order valence-electron chi connectivity index (χ3n) is 3.80. The Morgan fingerprint density at radius 1 is 1.23 bits per heavy atom. The SMILES string of the molecule is CCN(CC)C(=O)c1cccc(-c2cncc3[nH]cnc23)c1. The first-order valence-electron chi connectivity index (χ1n) is 7.41. The number of imidazole rings is 1. The zero-order valence-corrected chi connectivity index (χ0v) is 12.7. The minimum absolute atomic E-state index is 0.0500. The normalized spacial score (nSPS) is 10.8. The number of nitrogens with one attached hydrogen (secondary N) is 1. The predicted molar refractivity (Wildman–Crippen MR) is 86.6 cm³/mol. The first-order chi connectivity index (χ1) is 10.7. The molecule has 0 aliphatic rings. The Morgan fingerprint density at radius 3 is 2.82 bits per heavy atom. The summed E-state index contributed by atoms with van der Waals surface area (Å²) in [6, 6.07) is 7.63. The van der Waals surface area contributed by atoms with Gasteiger partial charge in [-0.25, -0.2) is 4.98 Å². The van der Waals surface area contributed by atoms with Crippen LogP contribution in [0.1, 0.15) is 24.2 Å². The summed E-state index contributed by atoms with van der Waals surface area (Å²) >= 11 is 0. The minimum Gasteiger partial charge on any atom is -0.343 e. The molecule has 112 valence electrons. The van der Waals surface area contributed by atoms with E-state index in [1.165, 1.54) is 0 Å². The number of aromatic amines is 1. The Kier molecular flexibility index (Phi) is 3.87. The van der Waals surface area contributed by atoms with Crippen LogP contribution in [0.25, 0.3) is 22.2 Å². The Bertz CT molecular complexity index is 805. The third-order valence-corrected chi connectivity index (χ3v) is 3.80. The van der Waals surface area contributed by atoms with Crippen LogP contribution in [0.5, 0.6) is 0 Å². The number of hydrogen-bond acceptors (Lipinski definition) is 3. The highest BCUT2D eigenvalue weighted by atomic mass is 16.2. The van der Waals surface area contributed by atoms with E-state index in [1.54, 1.807) is 18.7 Å². The van der Waals surface area contributed by atoms with Crippen LogP contribution >= 0.6 is 0 Å². The minimum atomic E-state index is 0.0500. The number of aromatic nitrogens is 3. The van der Waals surface area contributed by atoms with Gasteiger partial charge in [0, 0.05) is 30.4 Å². The highest BCUT2D eigenvalue weighted by molar-refractivity contribution is 5.97. The van der Waals surface area contributed by atoms with Crippen molar-refractivity contribution in [3.8, 4) is 11.1 Å². The summed E-state index contributed by atoms with van der Waals surface area (Å²) in [7, 11) is 0. The molecule has 0 aliphatic heterocycles. The van der Waals surface area contributed by atoms with Crippen molar-refractivity contribution in [1.29, 1.82) is 0 Å². The van der Waals surface area contributed by atoms with Gasteiger partial charge in [-0.3, -0.25) is 9.78 Å². The first kappa shape index (κ1) is 14.3. The number of fused-ring (bicyclic) bond motifs is 1. The largest absolute Gasteiger partial charge is 0.343 e. The fourth-order valence-corrected chi connectivity index (χ4v) is 2.59. The quantitative estimate of drug-likeness (QED) is 0.804. The van der Waals surface area contributed by atoms with E-state index in [9.17, 15) is 4.79 Å². The monoisotopic (exact) mass is 294 g/mol. The third kappa shape index (κ3) is 2.45. The first-order valence-corrected chi connectivity index (χ1v) is 7.41. The topological polar surface area (TPSA) is 61.9 Å². The molecule has 0 fully saturated rings. The number of amides is 1. The summed E-state index contributed by atoms with van der Waals surface area (Å²) in [5.74, 6) is 0.0500. The number of hydrogen-bond donors (Lipinski definition) is 1. The van der Waals surface area contributed by atoms with Crippen LogP contribution in [0.3, 0.4) is 0 Å². The van der Waals surface area contributed by atoms with Crippen LogP contribution in [0.2, 0.25) is 0 Å². The number of carbonyl (C=O) groups is 1. The molecular formula is C17H18N4O. The fraction of sp³-hybridized carbons (Fsp3) is 0.235. The van der Waals surface area contributed by atoms with E-state index in [1.807, 2.05) is 43.0 Å². The average Bonchev–Trinajstić information content (AvgIpc) is 3.04. The summed E-state index contributed by atoms with van der Waals surface area (Å²) in [6.07, 6.45) is 5.18. The van der Waals surface area contributed by atoms with Gasteiger partial charge < -0.3 is 9.88 Å². The molecule has 2 heterocycles. The van der Waals surface area contributed by atoms with Gasteiger partial charge in [-0.1, -0.05) is 12.1 Å². The van der Waals surface area contributed by atoms with Crippen LogP contribution in [0.15, 0.2) is 43.0 Å². The number of H-pyrrole nitrogens is 1. The molecule has 5 nitrogen and oxygen atoms in total. The van der Waals surface area contributed by atoms with Crippen molar-refractivity contribution in [3.63, 3.8) is 0 Å². The molecule has 0 saturated heterocycles. The fourth-order valence-electron chi connectivity index (χ4n) is 2.59. The number of nitrogens with zero attached hydrogens (tertiary/aromatic N) is 3. The molecule has 22 heavy (non-hydrogen) atoms. The molecule has 0 atom stereocenters. The molecule has 0 bridgehead atoms. The second kappa shape index (κ2) is 5.97. The summed E-state index contributed by atoms with van der Waals surface area (Å²) < 4.78 is 0. The molecule has 2 aromatic heterocycles. The molecule has 5 heteroatoms. The lowest BCUT2D eigenvalue weighted by atomic mass is 10.0. The van der Waals surface area contributed by atoms with E-state index in [-0.39, 0.29) is 5.91 Å². The summed E-state index contributed by atoms with van der Waals surface area (Å²) in [6.45, 7) is 5.38.